The third kappa shape index (κ3) is 3.18. The van der Waals surface area contributed by atoms with Crippen LogP contribution in [0.15, 0.2) is 39.9 Å². The number of likely N-dealkylation sites (tertiary alicyclic amines) is 1. The molecule has 0 aliphatic carbocycles. The van der Waals surface area contributed by atoms with Gasteiger partial charge in [0.2, 0.25) is 0 Å². The Bertz CT molecular complexity index is 905. The minimum absolute atomic E-state index is 0.349. The van der Waals surface area contributed by atoms with Crippen LogP contribution in [0.3, 0.4) is 0 Å². The van der Waals surface area contributed by atoms with Crippen LogP contribution < -0.4 is 11.2 Å². The van der Waals surface area contributed by atoms with Gasteiger partial charge in [0.25, 0.3) is 5.56 Å². The van der Waals surface area contributed by atoms with E-state index in [2.05, 4.69) is 33.1 Å². The molecule has 1 aromatic carbocycles. The molecule has 0 bridgehead atoms. The van der Waals surface area contributed by atoms with Crippen LogP contribution >= 0.6 is 11.3 Å². The number of thiazole rings is 1. The summed E-state index contributed by atoms with van der Waals surface area (Å²) < 4.78 is 1.25. The molecule has 1 aliphatic heterocycles. The summed E-state index contributed by atoms with van der Waals surface area (Å²) in [5.41, 5.74) is 0.961. The topological polar surface area (TPSA) is 81.8 Å². The minimum Gasteiger partial charge on any atom is -0.310 e. The fourth-order valence-corrected chi connectivity index (χ4v) is 4.38. The van der Waals surface area contributed by atoms with E-state index in [0.717, 1.165) is 31.4 Å². The third-order valence-electron chi connectivity index (χ3n) is 4.46. The second kappa shape index (κ2) is 6.33. The molecule has 1 fully saturated rings. The van der Waals surface area contributed by atoms with E-state index in [0.29, 0.717) is 18.2 Å². The number of benzene rings is 1. The predicted octanol–water partition coefficient (Wildman–Crippen LogP) is 2.05. The normalized spacial score (nSPS) is 16.7. The number of hydrogen-bond donors (Lipinski definition) is 2. The zero-order valence-electron chi connectivity index (χ0n) is 13.1. The number of nitrogens with zero attached hydrogens (tertiary/aromatic N) is 2. The first-order valence-electron chi connectivity index (χ1n) is 8.08. The van der Waals surface area contributed by atoms with E-state index in [4.69, 9.17) is 4.98 Å². The summed E-state index contributed by atoms with van der Waals surface area (Å²) >= 11 is 1.79. The third-order valence-corrected chi connectivity index (χ3v) is 5.66. The van der Waals surface area contributed by atoms with Crippen LogP contribution in [0.25, 0.3) is 10.2 Å². The first kappa shape index (κ1) is 15.3. The maximum absolute atomic E-state index is 11.4. The highest BCUT2D eigenvalue weighted by Gasteiger charge is 2.23. The highest BCUT2D eigenvalue weighted by atomic mass is 32.1. The van der Waals surface area contributed by atoms with Crippen molar-refractivity contribution in [2.45, 2.75) is 25.3 Å². The van der Waals surface area contributed by atoms with Gasteiger partial charge in [0.1, 0.15) is 0 Å². The number of hydrogen-bond acceptors (Lipinski definition) is 5. The van der Waals surface area contributed by atoms with Gasteiger partial charge in [0.15, 0.2) is 0 Å². The van der Waals surface area contributed by atoms with Gasteiger partial charge in [0, 0.05) is 24.2 Å². The van der Waals surface area contributed by atoms with Crippen LogP contribution in [-0.4, -0.2) is 32.9 Å². The second-order valence-electron chi connectivity index (χ2n) is 6.18. The molecular formula is C17H18N4O2S. The molecule has 0 unspecified atom stereocenters. The lowest BCUT2D eigenvalue weighted by Crippen LogP contribution is -2.34. The molecule has 4 rings (SSSR count). The Morgan fingerprint density at radius 2 is 1.96 bits per heavy atom. The number of rotatable bonds is 3. The number of nitrogens with one attached hydrogen (secondary N) is 2. The van der Waals surface area contributed by atoms with Crippen LogP contribution in [0.1, 0.15) is 29.5 Å². The summed E-state index contributed by atoms with van der Waals surface area (Å²) in [7, 11) is 0. The summed E-state index contributed by atoms with van der Waals surface area (Å²) in [5.74, 6) is 0.497. The van der Waals surface area contributed by atoms with Crippen molar-refractivity contribution in [2.75, 3.05) is 13.1 Å². The lowest BCUT2D eigenvalue weighted by Gasteiger charge is -2.30. The molecule has 6 nitrogen and oxygen atoms in total. The standard InChI is InChI=1S/C17H18N4O2S/c22-15-9-12(18-17(23)20-15)10-21-7-5-11(6-8-21)16-19-13-3-1-2-4-14(13)24-16/h1-4,9,11H,5-8,10H2,(H2,18,20,22,23). The number of para-hydroxylation sites is 1. The number of fused-ring (bicyclic) bond motifs is 1. The highest BCUT2D eigenvalue weighted by Crippen LogP contribution is 2.33. The zero-order chi connectivity index (χ0) is 16.5. The van der Waals surface area contributed by atoms with Crippen molar-refractivity contribution in [2.24, 2.45) is 0 Å². The van der Waals surface area contributed by atoms with Gasteiger partial charge >= 0.3 is 5.69 Å². The van der Waals surface area contributed by atoms with Gasteiger partial charge in [-0.25, -0.2) is 9.78 Å². The van der Waals surface area contributed by atoms with Gasteiger partial charge in [-0.1, -0.05) is 12.1 Å². The summed E-state index contributed by atoms with van der Waals surface area (Å²) in [6.07, 6.45) is 2.10. The molecule has 1 saturated heterocycles. The van der Waals surface area contributed by atoms with Crippen LogP contribution in [0, 0.1) is 0 Å². The van der Waals surface area contributed by atoms with Crippen molar-refractivity contribution in [1.29, 1.82) is 0 Å². The number of aromatic amines is 2. The van der Waals surface area contributed by atoms with Crippen molar-refractivity contribution in [1.82, 2.24) is 19.9 Å². The molecule has 0 amide bonds. The average Bonchev–Trinajstić information content (AvgIpc) is 2.98. The van der Waals surface area contributed by atoms with Crippen LogP contribution in [0.2, 0.25) is 0 Å². The van der Waals surface area contributed by atoms with E-state index in [1.54, 1.807) is 11.3 Å². The first-order valence-corrected chi connectivity index (χ1v) is 8.89. The van der Waals surface area contributed by atoms with Crippen molar-refractivity contribution in [3.05, 3.63) is 61.9 Å². The monoisotopic (exact) mass is 342 g/mol. The molecule has 0 saturated carbocycles. The summed E-state index contributed by atoms with van der Waals surface area (Å²) in [6.45, 7) is 2.48. The molecule has 3 aromatic rings. The van der Waals surface area contributed by atoms with Crippen molar-refractivity contribution >= 4 is 21.6 Å². The molecule has 1 aliphatic rings. The maximum Gasteiger partial charge on any atom is 0.325 e. The number of piperidine rings is 1. The van der Waals surface area contributed by atoms with E-state index in [-0.39, 0.29) is 5.56 Å². The van der Waals surface area contributed by atoms with Gasteiger partial charge in [0.05, 0.1) is 15.2 Å². The summed E-state index contributed by atoms with van der Waals surface area (Å²) in [4.78, 5) is 34.7. The van der Waals surface area contributed by atoms with Gasteiger partial charge < -0.3 is 4.98 Å². The molecule has 2 N–H and O–H groups in total. The molecule has 124 valence electrons. The van der Waals surface area contributed by atoms with Crippen molar-refractivity contribution < 1.29 is 0 Å². The fraction of sp³-hybridized carbons (Fsp3) is 0.353. The molecule has 0 atom stereocenters. The molecule has 3 heterocycles. The first-order chi connectivity index (χ1) is 11.7. The highest BCUT2D eigenvalue weighted by molar-refractivity contribution is 7.18. The molecule has 24 heavy (non-hydrogen) atoms. The van der Waals surface area contributed by atoms with Crippen LogP contribution in [-0.2, 0) is 6.54 Å². The van der Waals surface area contributed by atoms with E-state index in [1.807, 2.05) is 6.07 Å². The Morgan fingerprint density at radius 3 is 2.71 bits per heavy atom. The average molecular weight is 342 g/mol. The molecular weight excluding hydrogens is 324 g/mol. The summed E-state index contributed by atoms with van der Waals surface area (Å²) in [6, 6.07) is 9.72. The molecule has 0 radical (unpaired) electrons. The zero-order valence-corrected chi connectivity index (χ0v) is 13.9. The van der Waals surface area contributed by atoms with E-state index >= 15 is 0 Å². The smallest absolute Gasteiger partial charge is 0.310 e. The Hall–Kier alpha value is -2.25. The van der Waals surface area contributed by atoms with Crippen molar-refractivity contribution in [3.8, 4) is 0 Å². The number of H-pyrrole nitrogens is 2. The Morgan fingerprint density at radius 1 is 1.17 bits per heavy atom. The Kier molecular flexibility index (Phi) is 4.03. The maximum atomic E-state index is 11.4. The minimum atomic E-state index is -0.443. The van der Waals surface area contributed by atoms with E-state index < -0.39 is 5.69 Å². The van der Waals surface area contributed by atoms with Gasteiger partial charge in [-0.2, -0.15) is 0 Å². The molecule has 2 aromatic heterocycles. The van der Waals surface area contributed by atoms with Gasteiger partial charge in [-0.3, -0.25) is 14.7 Å². The van der Waals surface area contributed by atoms with Crippen molar-refractivity contribution in [3.63, 3.8) is 0 Å². The molecule has 0 spiro atoms. The fourth-order valence-electron chi connectivity index (χ4n) is 3.25. The Balaban J connectivity index is 1.42. The quantitative estimate of drug-likeness (QED) is 0.763. The van der Waals surface area contributed by atoms with E-state index in [9.17, 15) is 9.59 Å². The van der Waals surface area contributed by atoms with E-state index in [1.165, 1.54) is 15.8 Å². The Labute approximate surface area is 142 Å². The lowest BCUT2D eigenvalue weighted by atomic mass is 9.97. The van der Waals surface area contributed by atoms with Crippen LogP contribution in [0.5, 0.6) is 0 Å². The lowest BCUT2D eigenvalue weighted by molar-refractivity contribution is 0.202. The van der Waals surface area contributed by atoms with Gasteiger partial charge in [-0.15, -0.1) is 11.3 Å². The summed E-state index contributed by atoms with van der Waals surface area (Å²) in [5, 5.41) is 1.22. The number of aromatic nitrogens is 3. The predicted molar refractivity (Wildman–Crippen MR) is 94.6 cm³/mol. The SMILES string of the molecule is O=c1cc(CN2CCC(c3nc4ccccc4s3)CC2)[nH]c(=O)[nH]1. The second-order valence-corrected chi connectivity index (χ2v) is 7.25. The molecule has 7 heteroatoms. The van der Waals surface area contributed by atoms with Gasteiger partial charge in [-0.05, 0) is 38.1 Å². The van der Waals surface area contributed by atoms with Crippen LogP contribution in [0.4, 0.5) is 0 Å². The largest absolute Gasteiger partial charge is 0.325 e.